The maximum absolute atomic E-state index is 12.5. The van der Waals surface area contributed by atoms with E-state index in [4.69, 9.17) is 0 Å². The van der Waals surface area contributed by atoms with Gasteiger partial charge in [-0.15, -0.1) is 0 Å². The van der Waals surface area contributed by atoms with Gasteiger partial charge in [-0.1, -0.05) is 51.1 Å². The van der Waals surface area contributed by atoms with Crippen LogP contribution in [0.5, 0.6) is 0 Å². The summed E-state index contributed by atoms with van der Waals surface area (Å²) in [5.74, 6) is 0.500. The number of hydrogen-bond donors (Lipinski definition) is 1. The van der Waals surface area contributed by atoms with Gasteiger partial charge in [0.1, 0.15) is 5.69 Å². The fourth-order valence-corrected chi connectivity index (χ4v) is 3.40. The number of nitrogens with zero attached hydrogens (tertiary/aromatic N) is 3. The molecule has 142 valence electrons. The van der Waals surface area contributed by atoms with E-state index in [-0.39, 0.29) is 11.3 Å². The topological polar surface area (TPSA) is 58.1 Å². The summed E-state index contributed by atoms with van der Waals surface area (Å²) in [6.07, 6.45) is 4.19. The summed E-state index contributed by atoms with van der Waals surface area (Å²) in [5.41, 5.74) is 4.82. The summed E-state index contributed by atoms with van der Waals surface area (Å²) >= 11 is 0. The minimum Gasteiger partial charge on any atom is -0.325 e. The van der Waals surface area contributed by atoms with Crippen LogP contribution in [0.2, 0.25) is 0 Å². The Morgan fingerprint density at radius 3 is 2.43 bits per heavy atom. The first-order valence-electron chi connectivity index (χ1n) is 9.51. The lowest BCUT2D eigenvalue weighted by Crippen LogP contribution is -2.18. The van der Waals surface area contributed by atoms with Crippen LogP contribution in [0, 0.1) is 0 Å². The van der Waals surface area contributed by atoms with Gasteiger partial charge in [-0.3, -0.25) is 4.79 Å². The van der Waals surface area contributed by atoms with Crippen LogP contribution in [0.1, 0.15) is 42.4 Å². The van der Waals surface area contributed by atoms with E-state index in [2.05, 4.69) is 59.2 Å². The zero-order chi connectivity index (χ0) is 19.7. The molecule has 2 heterocycles. The average Bonchev–Trinajstić information content (AvgIpc) is 3.12. The molecule has 5 nitrogen and oxygen atoms in total. The van der Waals surface area contributed by atoms with Gasteiger partial charge in [0.25, 0.3) is 5.91 Å². The molecule has 0 unspecified atom stereocenters. The van der Waals surface area contributed by atoms with E-state index in [1.165, 1.54) is 17.3 Å². The minimum absolute atomic E-state index is 0.0814. The number of para-hydroxylation sites is 1. The van der Waals surface area contributed by atoms with Gasteiger partial charge in [0.15, 0.2) is 5.82 Å². The maximum Gasteiger partial charge on any atom is 0.275 e. The number of nitrogens with one attached hydrogen (secondary N) is 1. The number of hydrogen-bond acceptors (Lipinski definition) is 4. The molecule has 0 saturated carbocycles. The van der Waals surface area contributed by atoms with E-state index in [1.54, 1.807) is 6.20 Å². The lowest BCUT2D eigenvalue weighted by Gasteiger charge is -2.19. The molecule has 0 bridgehead atoms. The summed E-state index contributed by atoms with van der Waals surface area (Å²) in [7, 11) is 0. The second-order valence-corrected chi connectivity index (χ2v) is 8.07. The molecular formula is C23H24N4O. The van der Waals surface area contributed by atoms with Crippen LogP contribution in [0.4, 0.5) is 17.2 Å². The van der Waals surface area contributed by atoms with Crippen molar-refractivity contribution in [1.29, 1.82) is 0 Å². The molecular weight excluding hydrogens is 348 g/mol. The predicted octanol–water partition coefficient (Wildman–Crippen LogP) is 4.72. The van der Waals surface area contributed by atoms with Crippen molar-refractivity contribution in [3.05, 3.63) is 77.7 Å². The van der Waals surface area contributed by atoms with Crippen molar-refractivity contribution in [3.8, 4) is 0 Å². The molecule has 4 rings (SSSR count). The number of rotatable bonds is 3. The van der Waals surface area contributed by atoms with E-state index in [9.17, 15) is 4.79 Å². The van der Waals surface area contributed by atoms with Crippen molar-refractivity contribution < 1.29 is 4.79 Å². The number of aromatic nitrogens is 2. The standard InChI is InChI=1S/C23H24N4O/c1-23(2,3)17-8-10-18(11-9-17)26-22(28)19-14-25-21(15-24-19)27-13-12-16-6-4-5-7-20(16)27/h4-11,14-15H,12-13H2,1-3H3,(H,26,28). The number of anilines is 3. The molecule has 1 aliphatic heterocycles. The first-order chi connectivity index (χ1) is 13.4. The molecule has 0 fully saturated rings. The monoisotopic (exact) mass is 372 g/mol. The third-order valence-electron chi connectivity index (χ3n) is 5.04. The summed E-state index contributed by atoms with van der Waals surface area (Å²) < 4.78 is 0. The van der Waals surface area contributed by atoms with Crippen LogP contribution in [0.15, 0.2) is 60.9 Å². The van der Waals surface area contributed by atoms with Crippen LogP contribution in [-0.4, -0.2) is 22.4 Å². The van der Waals surface area contributed by atoms with Gasteiger partial charge in [0.2, 0.25) is 0 Å². The molecule has 1 N–H and O–H groups in total. The molecule has 0 spiro atoms. The van der Waals surface area contributed by atoms with Crippen LogP contribution < -0.4 is 10.2 Å². The van der Waals surface area contributed by atoms with E-state index in [1.807, 2.05) is 30.3 Å². The van der Waals surface area contributed by atoms with Crippen molar-refractivity contribution in [1.82, 2.24) is 9.97 Å². The van der Waals surface area contributed by atoms with Gasteiger partial charge in [0.05, 0.1) is 12.4 Å². The Hall–Kier alpha value is -3.21. The summed E-state index contributed by atoms with van der Waals surface area (Å²) in [4.78, 5) is 23.4. The normalized spacial score (nSPS) is 13.3. The van der Waals surface area contributed by atoms with Gasteiger partial charge in [0, 0.05) is 17.9 Å². The predicted molar refractivity (Wildman–Crippen MR) is 112 cm³/mol. The van der Waals surface area contributed by atoms with Gasteiger partial charge < -0.3 is 10.2 Å². The number of amides is 1. The Labute approximate surface area is 165 Å². The Morgan fingerprint density at radius 2 is 1.75 bits per heavy atom. The lowest BCUT2D eigenvalue weighted by molar-refractivity contribution is 0.102. The van der Waals surface area contributed by atoms with Gasteiger partial charge >= 0.3 is 0 Å². The molecule has 1 amide bonds. The van der Waals surface area contributed by atoms with Crippen molar-refractivity contribution in [3.63, 3.8) is 0 Å². The first kappa shape index (κ1) is 18.2. The molecule has 0 saturated heterocycles. The van der Waals surface area contributed by atoms with Crippen LogP contribution in [0.3, 0.4) is 0 Å². The second-order valence-electron chi connectivity index (χ2n) is 8.07. The Morgan fingerprint density at radius 1 is 1.00 bits per heavy atom. The van der Waals surface area contributed by atoms with Crippen LogP contribution >= 0.6 is 0 Å². The highest BCUT2D eigenvalue weighted by molar-refractivity contribution is 6.02. The third kappa shape index (κ3) is 3.60. The fourth-order valence-electron chi connectivity index (χ4n) is 3.40. The van der Waals surface area contributed by atoms with E-state index < -0.39 is 0 Å². The quantitative estimate of drug-likeness (QED) is 0.723. The summed E-state index contributed by atoms with van der Waals surface area (Å²) in [6.45, 7) is 7.36. The smallest absolute Gasteiger partial charge is 0.275 e. The number of fused-ring (bicyclic) bond motifs is 1. The van der Waals surface area contributed by atoms with E-state index >= 15 is 0 Å². The zero-order valence-corrected chi connectivity index (χ0v) is 16.4. The Balaban J connectivity index is 1.46. The van der Waals surface area contributed by atoms with Gasteiger partial charge in [-0.25, -0.2) is 9.97 Å². The van der Waals surface area contributed by atoms with Crippen molar-refractivity contribution >= 4 is 23.1 Å². The molecule has 3 aromatic rings. The Bertz CT molecular complexity index is 988. The summed E-state index contributed by atoms with van der Waals surface area (Å²) in [5, 5.41) is 2.89. The average molecular weight is 372 g/mol. The van der Waals surface area contributed by atoms with Crippen LogP contribution in [-0.2, 0) is 11.8 Å². The molecule has 1 aliphatic rings. The van der Waals surface area contributed by atoms with E-state index in [0.29, 0.717) is 5.69 Å². The largest absolute Gasteiger partial charge is 0.325 e. The SMILES string of the molecule is CC(C)(C)c1ccc(NC(=O)c2cnc(N3CCc4ccccc43)cn2)cc1. The molecule has 28 heavy (non-hydrogen) atoms. The first-order valence-corrected chi connectivity index (χ1v) is 9.51. The number of carbonyl (C=O) groups excluding carboxylic acids is 1. The minimum atomic E-state index is -0.260. The Kier molecular flexibility index (Phi) is 4.59. The zero-order valence-electron chi connectivity index (χ0n) is 16.4. The van der Waals surface area contributed by atoms with Crippen molar-refractivity contribution in [2.24, 2.45) is 0 Å². The molecule has 2 aromatic carbocycles. The molecule has 0 radical (unpaired) electrons. The van der Waals surface area contributed by atoms with Crippen LogP contribution in [0.25, 0.3) is 0 Å². The van der Waals surface area contributed by atoms with Gasteiger partial charge in [-0.2, -0.15) is 0 Å². The van der Waals surface area contributed by atoms with Crippen molar-refractivity contribution in [2.75, 3.05) is 16.8 Å². The second kappa shape index (κ2) is 7.08. The summed E-state index contributed by atoms with van der Waals surface area (Å²) in [6, 6.07) is 16.2. The highest BCUT2D eigenvalue weighted by atomic mass is 16.1. The highest BCUT2D eigenvalue weighted by Crippen LogP contribution is 2.32. The van der Waals surface area contributed by atoms with E-state index in [0.717, 1.165) is 30.2 Å². The van der Waals surface area contributed by atoms with Gasteiger partial charge in [-0.05, 0) is 41.2 Å². The maximum atomic E-state index is 12.5. The number of benzene rings is 2. The molecule has 1 aromatic heterocycles. The fraction of sp³-hybridized carbons (Fsp3) is 0.261. The van der Waals surface area contributed by atoms with Crippen molar-refractivity contribution in [2.45, 2.75) is 32.6 Å². The molecule has 0 aliphatic carbocycles. The lowest BCUT2D eigenvalue weighted by atomic mass is 9.87. The molecule has 0 atom stereocenters. The highest BCUT2D eigenvalue weighted by Gasteiger charge is 2.21. The third-order valence-corrected chi connectivity index (χ3v) is 5.04. The molecule has 5 heteroatoms. The number of carbonyl (C=O) groups is 1.